The number of rotatable bonds is 7. The average molecular weight is 346 g/mol. The van der Waals surface area contributed by atoms with Gasteiger partial charge in [-0.3, -0.25) is 14.5 Å². The second kappa shape index (κ2) is 7.63. The standard InChI is InChI=1S/C17H26N6O2/c24-15(12-23-8-1-5-18-23)11-21-6-2-7-22(10-9-21)13-16-19-17(25-20-16)14-3-4-14/h1,5,8,14-15,24H,2-4,6-7,9-13H2/t15-/m1/s1. The Morgan fingerprint density at radius 3 is 2.80 bits per heavy atom. The summed E-state index contributed by atoms with van der Waals surface area (Å²) in [5, 5.41) is 18.6. The van der Waals surface area contributed by atoms with E-state index in [9.17, 15) is 5.11 Å². The van der Waals surface area contributed by atoms with Crippen molar-refractivity contribution in [3.63, 3.8) is 0 Å². The summed E-state index contributed by atoms with van der Waals surface area (Å²) in [4.78, 5) is 9.23. The molecule has 2 aromatic heterocycles. The van der Waals surface area contributed by atoms with Crippen molar-refractivity contribution < 1.29 is 9.63 Å². The van der Waals surface area contributed by atoms with E-state index >= 15 is 0 Å². The van der Waals surface area contributed by atoms with E-state index < -0.39 is 6.10 Å². The van der Waals surface area contributed by atoms with Crippen molar-refractivity contribution in [2.45, 2.75) is 44.4 Å². The molecular weight excluding hydrogens is 320 g/mol. The minimum Gasteiger partial charge on any atom is -0.390 e. The molecule has 0 radical (unpaired) electrons. The number of nitrogens with zero attached hydrogens (tertiary/aromatic N) is 6. The summed E-state index contributed by atoms with van der Waals surface area (Å²) in [6.45, 7) is 5.91. The zero-order chi connectivity index (χ0) is 17.1. The molecule has 2 aliphatic rings. The summed E-state index contributed by atoms with van der Waals surface area (Å²) >= 11 is 0. The lowest BCUT2D eigenvalue weighted by Gasteiger charge is -2.23. The van der Waals surface area contributed by atoms with Crippen LogP contribution >= 0.6 is 0 Å². The Morgan fingerprint density at radius 1 is 1.16 bits per heavy atom. The first-order valence-corrected chi connectivity index (χ1v) is 9.19. The molecule has 0 bridgehead atoms. The molecule has 8 heteroatoms. The van der Waals surface area contributed by atoms with Crippen molar-refractivity contribution in [2.75, 3.05) is 32.7 Å². The zero-order valence-electron chi connectivity index (χ0n) is 14.5. The van der Waals surface area contributed by atoms with Crippen molar-refractivity contribution in [1.82, 2.24) is 29.7 Å². The molecule has 1 atom stereocenters. The summed E-state index contributed by atoms with van der Waals surface area (Å²) in [5.41, 5.74) is 0. The van der Waals surface area contributed by atoms with E-state index in [4.69, 9.17) is 4.52 Å². The molecule has 8 nitrogen and oxygen atoms in total. The van der Waals surface area contributed by atoms with E-state index in [-0.39, 0.29) is 0 Å². The van der Waals surface area contributed by atoms with Gasteiger partial charge < -0.3 is 9.63 Å². The molecule has 1 aliphatic heterocycles. The van der Waals surface area contributed by atoms with Crippen molar-refractivity contribution >= 4 is 0 Å². The number of hydrogen-bond donors (Lipinski definition) is 1. The van der Waals surface area contributed by atoms with Crippen LogP contribution in [0.5, 0.6) is 0 Å². The van der Waals surface area contributed by atoms with Crippen LogP contribution in [0.2, 0.25) is 0 Å². The van der Waals surface area contributed by atoms with Gasteiger partial charge in [-0.2, -0.15) is 10.1 Å². The predicted molar refractivity (Wildman–Crippen MR) is 90.8 cm³/mol. The highest BCUT2D eigenvalue weighted by atomic mass is 16.5. The third-order valence-electron chi connectivity index (χ3n) is 4.88. The predicted octanol–water partition coefficient (Wildman–Crippen LogP) is 0.712. The fourth-order valence-corrected chi connectivity index (χ4v) is 3.37. The molecule has 1 saturated heterocycles. The van der Waals surface area contributed by atoms with Crippen LogP contribution in [0.25, 0.3) is 0 Å². The average Bonchev–Trinajstić information content (AvgIpc) is 3.20. The summed E-state index contributed by atoms with van der Waals surface area (Å²) < 4.78 is 7.13. The second-order valence-corrected chi connectivity index (χ2v) is 7.14. The Labute approximate surface area is 147 Å². The van der Waals surface area contributed by atoms with Crippen molar-refractivity contribution in [2.24, 2.45) is 0 Å². The fraction of sp³-hybridized carbons (Fsp3) is 0.706. The third kappa shape index (κ3) is 4.65. The molecule has 1 saturated carbocycles. The lowest BCUT2D eigenvalue weighted by atomic mass is 10.3. The molecule has 136 valence electrons. The molecule has 0 amide bonds. The Bertz CT molecular complexity index is 654. The Kier molecular flexibility index (Phi) is 5.09. The minimum absolute atomic E-state index is 0.398. The van der Waals surface area contributed by atoms with Gasteiger partial charge in [0.1, 0.15) is 0 Å². The molecule has 0 spiro atoms. The maximum Gasteiger partial charge on any atom is 0.229 e. The van der Waals surface area contributed by atoms with Crippen molar-refractivity contribution in [3.05, 3.63) is 30.2 Å². The highest BCUT2D eigenvalue weighted by Gasteiger charge is 2.30. The maximum atomic E-state index is 10.3. The number of hydrogen-bond acceptors (Lipinski definition) is 7. The van der Waals surface area contributed by atoms with Gasteiger partial charge >= 0.3 is 0 Å². The second-order valence-electron chi connectivity index (χ2n) is 7.14. The van der Waals surface area contributed by atoms with Crippen LogP contribution in [0.4, 0.5) is 0 Å². The molecule has 2 fully saturated rings. The number of aliphatic hydroxyl groups excluding tert-OH is 1. The first kappa shape index (κ1) is 16.7. The summed E-state index contributed by atoms with van der Waals surface area (Å²) in [6.07, 6.45) is 6.67. The maximum absolute atomic E-state index is 10.3. The quantitative estimate of drug-likeness (QED) is 0.790. The van der Waals surface area contributed by atoms with E-state index in [0.717, 1.165) is 50.9 Å². The first-order chi connectivity index (χ1) is 12.3. The Balaban J connectivity index is 1.23. The van der Waals surface area contributed by atoms with Crippen LogP contribution in [0, 0.1) is 0 Å². The van der Waals surface area contributed by atoms with Gasteiger partial charge in [0.2, 0.25) is 5.89 Å². The molecule has 0 unspecified atom stereocenters. The smallest absolute Gasteiger partial charge is 0.229 e. The van der Waals surface area contributed by atoms with Gasteiger partial charge in [-0.1, -0.05) is 5.16 Å². The number of aromatic nitrogens is 4. The van der Waals surface area contributed by atoms with E-state index in [1.807, 2.05) is 12.3 Å². The molecule has 3 heterocycles. The van der Waals surface area contributed by atoms with Crippen LogP contribution in [-0.4, -0.2) is 73.7 Å². The summed E-state index contributed by atoms with van der Waals surface area (Å²) in [7, 11) is 0. The molecule has 0 aromatic carbocycles. The highest BCUT2D eigenvalue weighted by molar-refractivity contribution is 5.01. The van der Waals surface area contributed by atoms with Crippen molar-refractivity contribution in [3.8, 4) is 0 Å². The molecule has 4 rings (SSSR count). The van der Waals surface area contributed by atoms with Crippen LogP contribution in [-0.2, 0) is 13.1 Å². The monoisotopic (exact) mass is 346 g/mol. The van der Waals surface area contributed by atoms with Crippen LogP contribution in [0.15, 0.2) is 23.0 Å². The van der Waals surface area contributed by atoms with Gasteiger partial charge in [-0.05, 0) is 38.4 Å². The molecule has 1 N–H and O–H groups in total. The largest absolute Gasteiger partial charge is 0.390 e. The molecule has 25 heavy (non-hydrogen) atoms. The molecule has 2 aromatic rings. The number of β-amino-alcohol motifs (C(OH)–C–C–N with tert-alkyl or cyclic N) is 1. The minimum atomic E-state index is -0.398. The lowest BCUT2D eigenvalue weighted by Crippen LogP contribution is -2.37. The van der Waals surface area contributed by atoms with Crippen LogP contribution < -0.4 is 0 Å². The van der Waals surface area contributed by atoms with Gasteiger partial charge in [0.05, 0.1) is 19.2 Å². The normalized spacial score (nSPS) is 21.3. The Morgan fingerprint density at radius 2 is 2.00 bits per heavy atom. The lowest BCUT2D eigenvalue weighted by molar-refractivity contribution is 0.0961. The number of aliphatic hydroxyl groups is 1. The van der Waals surface area contributed by atoms with Gasteiger partial charge in [-0.15, -0.1) is 0 Å². The van der Waals surface area contributed by atoms with Crippen LogP contribution in [0.1, 0.15) is 36.9 Å². The van der Waals surface area contributed by atoms with Gasteiger partial charge in [0.15, 0.2) is 5.82 Å². The highest BCUT2D eigenvalue weighted by Crippen LogP contribution is 2.38. The summed E-state index contributed by atoms with van der Waals surface area (Å²) in [5.74, 6) is 2.12. The zero-order valence-corrected chi connectivity index (χ0v) is 14.5. The first-order valence-electron chi connectivity index (χ1n) is 9.19. The Hall–Kier alpha value is -1.77. The van der Waals surface area contributed by atoms with Gasteiger partial charge in [0.25, 0.3) is 0 Å². The van der Waals surface area contributed by atoms with Crippen molar-refractivity contribution in [1.29, 1.82) is 0 Å². The van der Waals surface area contributed by atoms with Crippen LogP contribution in [0.3, 0.4) is 0 Å². The molecule has 1 aliphatic carbocycles. The van der Waals surface area contributed by atoms with Gasteiger partial charge in [0, 0.05) is 37.9 Å². The SMILES string of the molecule is O[C@H](CN1CCCN(Cc2noc(C3CC3)n2)CC1)Cn1cccn1. The van der Waals surface area contributed by atoms with E-state index in [1.165, 1.54) is 12.8 Å². The van der Waals surface area contributed by atoms with E-state index in [1.54, 1.807) is 10.9 Å². The fourth-order valence-electron chi connectivity index (χ4n) is 3.37. The van der Waals surface area contributed by atoms with Gasteiger partial charge in [-0.25, -0.2) is 0 Å². The van der Waals surface area contributed by atoms with E-state index in [2.05, 4.69) is 25.0 Å². The third-order valence-corrected chi connectivity index (χ3v) is 4.88. The molecular formula is C17H26N6O2. The van der Waals surface area contributed by atoms with E-state index in [0.29, 0.717) is 19.0 Å². The summed E-state index contributed by atoms with van der Waals surface area (Å²) in [6, 6.07) is 1.88. The topological polar surface area (TPSA) is 83.5 Å².